The van der Waals surface area contributed by atoms with Crippen LogP contribution in [0.25, 0.3) is 5.69 Å². The van der Waals surface area contributed by atoms with Gasteiger partial charge in [0.25, 0.3) is 5.56 Å². The lowest BCUT2D eigenvalue weighted by atomic mass is 10.3. The number of ether oxygens (including phenoxy) is 1. The van der Waals surface area contributed by atoms with E-state index in [1.165, 1.54) is 18.0 Å². The van der Waals surface area contributed by atoms with Gasteiger partial charge in [-0.1, -0.05) is 12.1 Å². The standard InChI is InChI=1S/C11H10N2O4/c1-17-9-5-3-2-4-8(9)13-6-7(11(15)16)10(14)12-13/h2-6H,1H3,(H,12,14)(H,15,16). The summed E-state index contributed by atoms with van der Waals surface area (Å²) >= 11 is 0. The Morgan fingerprint density at radius 3 is 2.71 bits per heavy atom. The topological polar surface area (TPSA) is 84.3 Å². The Kier molecular flexibility index (Phi) is 2.70. The monoisotopic (exact) mass is 234 g/mol. The molecule has 6 nitrogen and oxygen atoms in total. The number of H-pyrrole nitrogens is 1. The van der Waals surface area contributed by atoms with Crippen molar-refractivity contribution < 1.29 is 14.6 Å². The van der Waals surface area contributed by atoms with Gasteiger partial charge < -0.3 is 9.84 Å². The second-order valence-corrected chi connectivity index (χ2v) is 3.33. The number of aromatic amines is 1. The van der Waals surface area contributed by atoms with Crippen LogP contribution in [0.15, 0.2) is 35.3 Å². The number of hydrogen-bond donors (Lipinski definition) is 2. The molecular formula is C11H10N2O4. The van der Waals surface area contributed by atoms with Crippen LogP contribution in [0.5, 0.6) is 5.75 Å². The zero-order valence-corrected chi connectivity index (χ0v) is 9.01. The van der Waals surface area contributed by atoms with E-state index in [1.807, 2.05) is 0 Å². The summed E-state index contributed by atoms with van der Waals surface area (Å²) in [5.41, 5.74) is -0.390. The lowest BCUT2D eigenvalue weighted by molar-refractivity contribution is 0.0695. The molecule has 0 unspecified atom stereocenters. The van der Waals surface area contributed by atoms with Crippen molar-refractivity contribution in [3.8, 4) is 11.4 Å². The van der Waals surface area contributed by atoms with Gasteiger partial charge in [0.05, 0.1) is 7.11 Å². The highest BCUT2D eigenvalue weighted by molar-refractivity contribution is 5.86. The van der Waals surface area contributed by atoms with E-state index < -0.39 is 11.5 Å². The summed E-state index contributed by atoms with van der Waals surface area (Å²) in [6.45, 7) is 0. The molecule has 0 amide bonds. The van der Waals surface area contributed by atoms with Gasteiger partial charge in [-0.2, -0.15) is 0 Å². The average Bonchev–Trinajstić information content (AvgIpc) is 2.71. The van der Waals surface area contributed by atoms with Crippen LogP contribution in [0, 0.1) is 0 Å². The van der Waals surface area contributed by atoms with Crippen LogP contribution in [0.1, 0.15) is 10.4 Å². The first kappa shape index (κ1) is 11.0. The van der Waals surface area contributed by atoms with Crippen molar-refractivity contribution in [3.05, 3.63) is 46.4 Å². The van der Waals surface area contributed by atoms with Gasteiger partial charge >= 0.3 is 5.97 Å². The largest absolute Gasteiger partial charge is 0.494 e. The number of aromatic carboxylic acids is 1. The molecule has 0 aliphatic heterocycles. The van der Waals surface area contributed by atoms with E-state index in [9.17, 15) is 9.59 Å². The van der Waals surface area contributed by atoms with Gasteiger partial charge in [-0.25, -0.2) is 4.79 Å². The molecule has 2 aromatic rings. The van der Waals surface area contributed by atoms with Crippen molar-refractivity contribution in [3.63, 3.8) is 0 Å². The van der Waals surface area contributed by atoms with Gasteiger partial charge in [-0.3, -0.25) is 14.6 Å². The number of carboxylic acids is 1. The summed E-state index contributed by atoms with van der Waals surface area (Å²) in [6.07, 6.45) is 1.22. The number of aromatic nitrogens is 2. The lowest BCUT2D eigenvalue weighted by Crippen LogP contribution is -2.11. The van der Waals surface area contributed by atoms with Gasteiger partial charge in [0, 0.05) is 6.20 Å². The van der Waals surface area contributed by atoms with Crippen LogP contribution in [0.2, 0.25) is 0 Å². The SMILES string of the molecule is COc1ccccc1-n1cc(C(=O)O)c(=O)[nH]1. The summed E-state index contributed by atoms with van der Waals surface area (Å²) < 4.78 is 6.44. The number of nitrogens with one attached hydrogen (secondary N) is 1. The summed E-state index contributed by atoms with van der Waals surface area (Å²) in [5.74, 6) is -0.726. The van der Waals surface area contributed by atoms with E-state index in [1.54, 1.807) is 24.3 Å². The van der Waals surface area contributed by atoms with Gasteiger partial charge in [0.15, 0.2) is 0 Å². The Morgan fingerprint density at radius 2 is 2.12 bits per heavy atom. The van der Waals surface area contributed by atoms with E-state index in [-0.39, 0.29) is 5.56 Å². The maximum Gasteiger partial charge on any atom is 0.342 e. The van der Waals surface area contributed by atoms with Crippen LogP contribution in [0.4, 0.5) is 0 Å². The highest BCUT2D eigenvalue weighted by Crippen LogP contribution is 2.20. The van der Waals surface area contributed by atoms with Gasteiger partial charge in [-0.05, 0) is 12.1 Å². The zero-order chi connectivity index (χ0) is 12.4. The number of para-hydroxylation sites is 2. The molecule has 0 atom stereocenters. The average molecular weight is 234 g/mol. The number of methoxy groups -OCH3 is 1. The Labute approximate surface area is 96.1 Å². The minimum Gasteiger partial charge on any atom is -0.494 e. The minimum atomic E-state index is -1.26. The first-order valence-electron chi connectivity index (χ1n) is 4.82. The number of rotatable bonds is 3. The molecule has 1 heterocycles. The Hall–Kier alpha value is -2.50. The van der Waals surface area contributed by atoms with Gasteiger partial charge in [0.1, 0.15) is 17.0 Å². The second-order valence-electron chi connectivity index (χ2n) is 3.33. The molecule has 88 valence electrons. The van der Waals surface area contributed by atoms with E-state index in [4.69, 9.17) is 9.84 Å². The Morgan fingerprint density at radius 1 is 1.41 bits per heavy atom. The number of carbonyl (C=O) groups is 1. The van der Waals surface area contributed by atoms with Crippen LogP contribution >= 0.6 is 0 Å². The molecular weight excluding hydrogens is 224 g/mol. The van der Waals surface area contributed by atoms with E-state index in [0.29, 0.717) is 11.4 Å². The fraction of sp³-hybridized carbons (Fsp3) is 0.0909. The molecule has 0 aliphatic rings. The van der Waals surface area contributed by atoms with E-state index >= 15 is 0 Å². The third-order valence-electron chi connectivity index (χ3n) is 2.30. The molecule has 0 radical (unpaired) electrons. The first-order chi connectivity index (χ1) is 8.13. The minimum absolute atomic E-state index is 0.309. The predicted molar refractivity (Wildman–Crippen MR) is 59.9 cm³/mol. The third-order valence-corrected chi connectivity index (χ3v) is 2.30. The number of nitrogens with zero attached hydrogens (tertiary/aromatic N) is 1. The maximum absolute atomic E-state index is 11.4. The molecule has 2 N–H and O–H groups in total. The molecule has 1 aromatic carbocycles. The summed E-state index contributed by atoms with van der Waals surface area (Å²) in [6, 6.07) is 6.97. The van der Waals surface area contributed by atoms with Crippen molar-refractivity contribution >= 4 is 5.97 Å². The zero-order valence-electron chi connectivity index (χ0n) is 9.01. The molecule has 17 heavy (non-hydrogen) atoms. The number of hydrogen-bond acceptors (Lipinski definition) is 3. The normalized spacial score (nSPS) is 10.2. The fourth-order valence-corrected chi connectivity index (χ4v) is 1.50. The van der Waals surface area contributed by atoms with Gasteiger partial charge in [-0.15, -0.1) is 0 Å². The van der Waals surface area contributed by atoms with Crippen molar-refractivity contribution in [2.24, 2.45) is 0 Å². The van der Waals surface area contributed by atoms with Gasteiger partial charge in [0.2, 0.25) is 0 Å². The van der Waals surface area contributed by atoms with Crippen LogP contribution in [-0.4, -0.2) is 28.0 Å². The van der Waals surface area contributed by atoms with Crippen molar-refractivity contribution in [2.45, 2.75) is 0 Å². The molecule has 0 fully saturated rings. The Bertz CT molecular complexity index is 612. The van der Waals surface area contributed by atoms with E-state index in [0.717, 1.165) is 0 Å². The van der Waals surface area contributed by atoms with Crippen LogP contribution in [0.3, 0.4) is 0 Å². The van der Waals surface area contributed by atoms with Crippen molar-refractivity contribution in [2.75, 3.05) is 7.11 Å². The maximum atomic E-state index is 11.4. The molecule has 2 rings (SSSR count). The smallest absolute Gasteiger partial charge is 0.342 e. The second kappa shape index (κ2) is 4.17. The van der Waals surface area contributed by atoms with Crippen molar-refractivity contribution in [1.82, 2.24) is 9.78 Å². The number of carboxylic acid groups (broad SMARTS) is 1. The highest BCUT2D eigenvalue weighted by Gasteiger charge is 2.13. The number of benzene rings is 1. The van der Waals surface area contributed by atoms with Crippen LogP contribution in [-0.2, 0) is 0 Å². The van der Waals surface area contributed by atoms with Crippen molar-refractivity contribution in [1.29, 1.82) is 0 Å². The lowest BCUT2D eigenvalue weighted by Gasteiger charge is -2.07. The first-order valence-corrected chi connectivity index (χ1v) is 4.82. The third kappa shape index (κ3) is 1.92. The fourth-order valence-electron chi connectivity index (χ4n) is 1.50. The quantitative estimate of drug-likeness (QED) is 0.825. The predicted octanol–water partition coefficient (Wildman–Crippen LogP) is 0.872. The highest BCUT2D eigenvalue weighted by atomic mass is 16.5. The molecule has 0 saturated carbocycles. The molecule has 6 heteroatoms. The summed E-state index contributed by atoms with van der Waals surface area (Å²) in [4.78, 5) is 22.1. The Balaban J connectivity index is 2.57. The molecule has 1 aromatic heterocycles. The molecule has 0 spiro atoms. The van der Waals surface area contributed by atoms with E-state index in [2.05, 4.69) is 5.10 Å². The molecule has 0 bridgehead atoms. The molecule has 0 saturated heterocycles. The molecule has 0 aliphatic carbocycles. The summed E-state index contributed by atoms with van der Waals surface area (Å²) in [5, 5.41) is 11.2. The van der Waals surface area contributed by atoms with Crippen LogP contribution < -0.4 is 10.3 Å². The summed E-state index contributed by atoms with van der Waals surface area (Å²) in [7, 11) is 1.50.